The SMILES string of the molecule is CCCCC(=O)OCC(C)(C)C(=O)C(O)(Oc1ccc(Cl)cc1)n1cncn1. The van der Waals surface area contributed by atoms with Crippen LogP contribution in [0.4, 0.5) is 0 Å². The maximum Gasteiger partial charge on any atom is 0.376 e. The third kappa shape index (κ3) is 5.30. The van der Waals surface area contributed by atoms with Crippen molar-refractivity contribution in [2.24, 2.45) is 5.41 Å². The Morgan fingerprint density at radius 1 is 1.25 bits per heavy atom. The number of unbranched alkanes of at least 4 members (excludes halogenated alkanes) is 1. The van der Waals surface area contributed by atoms with E-state index >= 15 is 0 Å². The molecule has 0 bridgehead atoms. The Morgan fingerprint density at radius 2 is 1.93 bits per heavy atom. The molecule has 1 heterocycles. The molecule has 0 spiro atoms. The van der Waals surface area contributed by atoms with E-state index in [0.717, 1.165) is 17.4 Å². The monoisotopic (exact) mass is 409 g/mol. The zero-order valence-electron chi connectivity index (χ0n) is 16.1. The predicted octanol–water partition coefficient (Wildman–Crippen LogP) is 2.94. The van der Waals surface area contributed by atoms with E-state index in [4.69, 9.17) is 21.1 Å². The van der Waals surface area contributed by atoms with Gasteiger partial charge >= 0.3 is 11.9 Å². The standard InChI is InChI=1S/C19H24ClN3O5/c1-4-5-6-16(24)27-11-18(2,3)17(25)19(26,23-13-21-12-22-23)28-15-9-7-14(20)8-10-15/h7-10,12-13,26H,4-6,11H2,1-3H3. The highest BCUT2D eigenvalue weighted by Crippen LogP contribution is 2.30. The van der Waals surface area contributed by atoms with E-state index in [1.807, 2.05) is 6.92 Å². The number of aromatic nitrogens is 3. The molecule has 1 unspecified atom stereocenters. The third-order valence-corrected chi connectivity index (χ3v) is 4.29. The first-order chi connectivity index (χ1) is 13.2. The van der Waals surface area contributed by atoms with Crippen molar-refractivity contribution in [1.82, 2.24) is 14.8 Å². The molecule has 28 heavy (non-hydrogen) atoms. The van der Waals surface area contributed by atoms with E-state index in [1.165, 1.54) is 18.5 Å². The summed E-state index contributed by atoms with van der Waals surface area (Å²) in [6, 6.07) is 6.14. The summed E-state index contributed by atoms with van der Waals surface area (Å²) in [5, 5.41) is 15.4. The van der Waals surface area contributed by atoms with Crippen LogP contribution in [0, 0.1) is 5.41 Å². The second-order valence-corrected chi connectivity index (χ2v) is 7.42. The van der Waals surface area contributed by atoms with E-state index in [1.54, 1.807) is 26.0 Å². The number of hydrogen-bond donors (Lipinski definition) is 1. The molecule has 8 nitrogen and oxygen atoms in total. The maximum atomic E-state index is 13.2. The topological polar surface area (TPSA) is 104 Å². The van der Waals surface area contributed by atoms with Crippen LogP contribution in [-0.2, 0) is 20.2 Å². The summed E-state index contributed by atoms with van der Waals surface area (Å²) in [6.07, 6.45) is 4.17. The Balaban J connectivity index is 2.23. The van der Waals surface area contributed by atoms with E-state index in [9.17, 15) is 14.7 Å². The largest absolute Gasteiger partial charge is 0.465 e. The molecule has 0 aliphatic rings. The highest BCUT2D eigenvalue weighted by atomic mass is 35.5. The number of rotatable bonds is 10. The first-order valence-corrected chi connectivity index (χ1v) is 9.29. The van der Waals surface area contributed by atoms with Gasteiger partial charge in [-0.2, -0.15) is 9.78 Å². The number of ether oxygens (including phenoxy) is 2. The van der Waals surface area contributed by atoms with Gasteiger partial charge in [0, 0.05) is 11.4 Å². The van der Waals surface area contributed by atoms with Gasteiger partial charge in [0.15, 0.2) is 0 Å². The summed E-state index contributed by atoms with van der Waals surface area (Å²) in [7, 11) is 0. The number of benzene rings is 1. The van der Waals surface area contributed by atoms with Crippen molar-refractivity contribution >= 4 is 23.4 Å². The minimum atomic E-state index is -2.48. The second kappa shape index (κ2) is 9.16. The molecule has 0 amide bonds. The van der Waals surface area contributed by atoms with Crippen molar-refractivity contribution in [2.45, 2.75) is 45.9 Å². The van der Waals surface area contributed by atoms with E-state index in [2.05, 4.69) is 10.1 Å². The van der Waals surface area contributed by atoms with Gasteiger partial charge in [0.2, 0.25) is 5.78 Å². The van der Waals surface area contributed by atoms with Crippen LogP contribution in [0.1, 0.15) is 40.0 Å². The normalized spacial score (nSPS) is 13.6. The lowest BCUT2D eigenvalue weighted by atomic mass is 9.86. The lowest BCUT2D eigenvalue weighted by Crippen LogP contribution is -2.54. The van der Waals surface area contributed by atoms with Gasteiger partial charge in [0.25, 0.3) is 0 Å². The fourth-order valence-corrected chi connectivity index (χ4v) is 2.52. The lowest BCUT2D eigenvalue weighted by Gasteiger charge is -2.33. The molecule has 1 atom stereocenters. The summed E-state index contributed by atoms with van der Waals surface area (Å²) in [5.74, 6) is -3.43. The van der Waals surface area contributed by atoms with Gasteiger partial charge in [-0.1, -0.05) is 24.9 Å². The molecule has 0 aliphatic carbocycles. The molecule has 152 valence electrons. The fraction of sp³-hybridized carbons (Fsp3) is 0.474. The van der Waals surface area contributed by atoms with Gasteiger partial charge in [0.1, 0.15) is 25.0 Å². The number of esters is 1. The third-order valence-electron chi connectivity index (χ3n) is 4.04. The minimum absolute atomic E-state index is 0.200. The van der Waals surface area contributed by atoms with Crippen LogP contribution in [-0.4, -0.2) is 38.2 Å². The molecule has 0 fully saturated rings. The molecule has 9 heteroatoms. The van der Waals surface area contributed by atoms with Gasteiger partial charge in [-0.15, -0.1) is 0 Å². The van der Waals surface area contributed by atoms with Crippen LogP contribution < -0.4 is 4.74 Å². The van der Waals surface area contributed by atoms with Crippen molar-refractivity contribution in [3.63, 3.8) is 0 Å². The van der Waals surface area contributed by atoms with Crippen LogP contribution in [0.15, 0.2) is 36.9 Å². The fourth-order valence-electron chi connectivity index (χ4n) is 2.39. The quantitative estimate of drug-likeness (QED) is 0.475. The summed E-state index contributed by atoms with van der Waals surface area (Å²) in [4.78, 5) is 28.8. The van der Waals surface area contributed by atoms with Crippen LogP contribution in [0.3, 0.4) is 0 Å². The number of aliphatic hydroxyl groups is 1. The summed E-state index contributed by atoms with van der Waals surface area (Å²) in [5.41, 5.74) is -1.25. The lowest BCUT2D eigenvalue weighted by molar-refractivity contribution is -0.222. The molecule has 2 aromatic rings. The molecule has 2 rings (SSSR count). The molecule has 0 aliphatic heterocycles. The van der Waals surface area contributed by atoms with Crippen LogP contribution >= 0.6 is 11.6 Å². The van der Waals surface area contributed by atoms with Crippen LogP contribution in [0.5, 0.6) is 5.75 Å². The van der Waals surface area contributed by atoms with Gasteiger partial charge in [0.05, 0.1) is 5.41 Å². The molecule has 0 saturated heterocycles. The maximum absolute atomic E-state index is 13.2. The Morgan fingerprint density at radius 3 is 2.50 bits per heavy atom. The Hall–Kier alpha value is -2.45. The van der Waals surface area contributed by atoms with Gasteiger partial charge in [-0.25, -0.2) is 4.98 Å². The van der Waals surface area contributed by atoms with Gasteiger partial charge in [-0.05, 0) is 44.5 Å². The minimum Gasteiger partial charge on any atom is -0.465 e. The van der Waals surface area contributed by atoms with E-state index in [0.29, 0.717) is 11.4 Å². The van der Waals surface area contributed by atoms with Crippen molar-refractivity contribution in [2.75, 3.05) is 6.61 Å². The first kappa shape index (κ1) is 21.8. The number of nitrogens with zero attached hydrogens (tertiary/aromatic N) is 3. The summed E-state index contributed by atoms with van der Waals surface area (Å²) in [6.45, 7) is 4.85. The zero-order chi connectivity index (χ0) is 20.8. The Labute approximate surface area is 168 Å². The van der Waals surface area contributed by atoms with Crippen LogP contribution in [0.2, 0.25) is 5.02 Å². The number of carbonyl (C=O) groups excluding carboxylic acids is 2. The summed E-state index contributed by atoms with van der Waals surface area (Å²) >= 11 is 5.86. The summed E-state index contributed by atoms with van der Waals surface area (Å²) < 4.78 is 11.7. The van der Waals surface area contributed by atoms with Crippen LogP contribution in [0.25, 0.3) is 0 Å². The average Bonchev–Trinajstić information content (AvgIpc) is 3.21. The molecular formula is C19H24ClN3O5. The van der Waals surface area contributed by atoms with Crippen molar-refractivity contribution < 1.29 is 24.2 Å². The Kier molecular flexibility index (Phi) is 7.15. The zero-order valence-corrected chi connectivity index (χ0v) is 16.8. The highest BCUT2D eigenvalue weighted by Gasteiger charge is 2.50. The molecule has 1 aromatic heterocycles. The number of Topliss-reactive ketones (excluding diaryl/α,β-unsaturated/α-hetero) is 1. The van der Waals surface area contributed by atoms with Gasteiger partial charge < -0.3 is 14.6 Å². The Bertz CT molecular complexity index is 792. The number of halogens is 1. The smallest absolute Gasteiger partial charge is 0.376 e. The molecule has 1 N–H and O–H groups in total. The van der Waals surface area contributed by atoms with E-state index in [-0.39, 0.29) is 18.8 Å². The van der Waals surface area contributed by atoms with Crippen molar-refractivity contribution in [3.8, 4) is 5.75 Å². The molecule has 0 saturated carbocycles. The number of hydrogen-bond acceptors (Lipinski definition) is 7. The molecule has 1 aromatic carbocycles. The van der Waals surface area contributed by atoms with Gasteiger partial charge in [-0.3, -0.25) is 9.59 Å². The first-order valence-electron chi connectivity index (χ1n) is 8.91. The average molecular weight is 410 g/mol. The number of carbonyl (C=O) groups is 2. The second-order valence-electron chi connectivity index (χ2n) is 6.98. The highest BCUT2D eigenvalue weighted by molar-refractivity contribution is 6.30. The van der Waals surface area contributed by atoms with E-state index < -0.39 is 23.1 Å². The predicted molar refractivity (Wildman–Crippen MR) is 102 cm³/mol. The molecular weight excluding hydrogens is 386 g/mol. The van der Waals surface area contributed by atoms with Crippen molar-refractivity contribution in [3.05, 3.63) is 41.9 Å². The van der Waals surface area contributed by atoms with Crippen molar-refractivity contribution in [1.29, 1.82) is 0 Å². The molecule has 0 radical (unpaired) electrons. The number of ketones is 1.